The molecule has 0 saturated heterocycles. The van der Waals surface area contributed by atoms with E-state index in [2.05, 4.69) is 103 Å². The third-order valence-corrected chi connectivity index (χ3v) is 11.1. The van der Waals surface area contributed by atoms with Crippen molar-refractivity contribution < 1.29 is 8.83 Å². The SMILES string of the molecule is c1ccc(-c2nc(-c3ccc4oc5c(-c6ccc7c8ccccc8c8ccccc8c7c6)cccc5c4c3)nc(-c3cccc4c3oc3ccccc34)n2)cc1. The summed E-state index contributed by atoms with van der Waals surface area (Å²) in [7, 11) is 0. The van der Waals surface area contributed by atoms with Crippen LogP contribution in [-0.4, -0.2) is 15.0 Å². The monoisotopic (exact) mass is 715 g/mol. The first kappa shape index (κ1) is 30.8. The number of hydrogen-bond donors (Lipinski definition) is 0. The molecule has 12 rings (SSSR count). The lowest BCUT2D eigenvalue weighted by atomic mass is 9.92. The summed E-state index contributed by atoms with van der Waals surface area (Å²) in [6, 6.07) is 61.0. The van der Waals surface area contributed by atoms with E-state index in [1.54, 1.807) is 0 Å². The van der Waals surface area contributed by atoms with Crippen LogP contribution in [-0.2, 0) is 0 Å². The largest absolute Gasteiger partial charge is 0.455 e. The molecule has 5 heteroatoms. The van der Waals surface area contributed by atoms with Crippen molar-refractivity contribution in [3.8, 4) is 45.3 Å². The number of furan rings is 2. The molecule has 260 valence electrons. The van der Waals surface area contributed by atoms with Gasteiger partial charge in [-0.1, -0.05) is 140 Å². The highest BCUT2D eigenvalue weighted by atomic mass is 16.3. The number of fused-ring (bicyclic) bond motifs is 12. The van der Waals surface area contributed by atoms with Gasteiger partial charge in [-0.2, -0.15) is 0 Å². The molecule has 0 N–H and O–H groups in total. The molecule has 3 aromatic heterocycles. The lowest BCUT2D eigenvalue weighted by Gasteiger charge is -2.12. The minimum atomic E-state index is 0.551. The zero-order valence-corrected chi connectivity index (χ0v) is 29.9. The van der Waals surface area contributed by atoms with Gasteiger partial charge in [0.25, 0.3) is 0 Å². The van der Waals surface area contributed by atoms with Crippen molar-refractivity contribution in [2.45, 2.75) is 0 Å². The van der Waals surface area contributed by atoms with Crippen molar-refractivity contribution in [2.24, 2.45) is 0 Å². The van der Waals surface area contributed by atoms with Gasteiger partial charge >= 0.3 is 0 Å². The number of benzene rings is 9. The van der Waals surface area contributed by atoms with Gasteiger partial charge in [-0.15, -0.1) is 0 Å². The number of nitrogens with zero attached hydrogens (tertiary/aromatic N) is 3. The highest BCUT2D eigenvalue weighted by Gasteiger charge is 2.20. The van der Waals surface area contributed by atoms with Gasteiger partial charge in [0.1, 0.15) is 22.3 Å². The van der Waals surface area contributed by atoms with Crippen LogP contribution in [0.5, 0.6) is 0 Å². The molecule has 56 heavy (non-hydrogen) atoms. The van der Waals surface area contributed by atoms with E-state index in [1.165, 1.54) is 32.3 Å². The number of aromatic nitrogens is 3. The molecule has 0 bridgehead atoms. The van der Waals surface area contributed by atoms with Gasteiger partial charge in [0.05, 0.1) is 5.56 Å². The predicted molar refractivity (Wildman–Crippen MR) is 229 cm³/mol. The molecule has 0 atom stereocenters. The normalized spacial score (nSPS) is 11.9. The number of rotatable bonds is 4. The first-order valence-corrected chi connectivity index (χ1v) is 18.8. The van der Waals surface area contributed by atoms with E-state index in [1.807, 2.05) is 72.8 Å². The van der Waals surface area contributed by atoms with Crippen LogP contribution in [0.15, 0.2) is 185 Å². The molecular formula is C51H29N3O2. The van der Waals surface area contributed by atoms with Crippen LogP contribution < -0.4 is 0 Å². The van der Waals surface area contributed by atoms with Gasteiger partial charge in [0.15, 0.2) is 17.5 Å². The molecule has 0 aliphatic carbocycles. The molecule has 0 aliphatic rings. The fourth-order valence-electron chi connectivity index (χ4n) is 8.51. The first-order valence-electron chi connectivity index (χ1n) is 18.8. The third-order valence-electron chi connectivity index (χ3n) is 11.1. The van der Waals surface area contributed by atoms with Crippen LogP contribution in [0.3, 0.4) is 0 Å². The molecule has 5 nitrogen and oxygen atoms in total. The third kappa shape index (κ3) is 4.64. The Labute approximate surface area is 320 Å². The Morgan fingerprint density at radius 3 is 1.48 bits per heavy atom. The second-order valence-corrected chi connectivity index (χ2v) is 14.3. The van der Waals surface area contributed by atoms with Gasteiger partial charge in [-0.05, 0) is 74.3 Å². The summed E-state index contributed by atoms with van der Waals surface area (Å²) in [5.74, 6) is 1.72. The van der Waals surface area contributed by atoms with E-state index >= 15 is 0 Å². The Bertz CT molecular complexity index is 3510. The maximum absolute atomic E-state index is 6.70. The first-order chi connectivity index (χ1) is 27.7. The van der Waals surface area contributed by atoms with E-state index in [0.717, 1.165) is 71.7 Å². The van der Waals surface area contributed by atoms with Gasteiger partial charge in [-0.3, -0.25) is 0 Å². The maximum atomic E-state index is 6.70. The summed E-state index contributed by atoms with van der Waals surface area (Å²) in [5.41, 5.74) is 7.98. The van der Waals surface area contributed by atoms with Crippen LogP contribution in [0.1, 0.15) is 0 Å². The summed E-state index contributed by atoms with van der Waals surface area (Å²) < 4.78 is 13.1. The Hall–Kier alpha value is -7.63. The standard InChI is InChI=1S/C51H29N3O2/c1-2-12-30(13-3-1)49-52-50(54-51(53-49)42-22-11-20-40-39-18-8-9-23-45(39)55-48(40)42)32-25-27-46-44(29-32)41-21-10-19-33(47(41)56-46)31-24-26-38-36-16-5-4-14-34(36)35-15-6-7-17-37(35)43(38)28-31/h1-29H. The summed E-state index contributed by atoms with van der Waals surface area (Å²) in [6.45, 7) is 0. The highest BCUT2D eigenvalue weighted by molar-refractivity contribution is 6.26. The zero-order chi connectivity index (χ0) is 36.7. The fourth-order valence-corrected chi connectivity index (χ4v) is 8.51. The van der Waals surface area contributed by atoms with Crippen LogP contribution >= 0.6 is 0 Å². The minimum Gasteiger partial charge on any atom is -0.455 e. The second kappa shape index (κ2) is 11.9. The van der Waals surface area contributed by atoms with Crippen molar-refractivity contribution in [3.05, 3.63) is 176 Å². The minimum absolute atomic E-state index is 0.551. The molecule has 0 spiro atoms. The van der Waals surface area contributed by atoms with Gasteiger partial charge in [-0.25, -0.2) is 15.0 Å². The maximum Gasteiger partial charge on any atom is 0.167 e. The predicted octanol–water partition coefficient (Wildman–Crippen LogP) is 13.8. The smallest absolute Gasteiger partial charge is 0.167 e. The summed E-state index contributed by atoms with van der Waals surface area (Å²) in [5, 5.41) is 11.6. The van der Waals surface area contributed by atoms with E-state index in [0.29, 0.717) is 17.5 Å². The highest BCUT2D eigenvalue weighted by Crippen LogP contribution is 2.42. The molecule has 0 radical (unpaired) electrons. The Kier molecular flexibility index (Phi) is 6.56. The molecule has 0 aliphatic heterocycles. The quantitative estimate of drug-likeness (QED) is 0.170. The Balaban J connectivity index is 1.03. The summed E-state index contributed by atoms with van der Waals surface area (Å²) >= 11 is 0. The molecule has 0 fully saturated rings. The summed E-state index contributed by atoms with van der Waals surface area (Å²) in [4.78, 5) is 15.2. The molecule has 9 aromatic carbocycles. The van der Waals surface area contributed by atoms with Crippen molar-refractivity contribution in [1.29, 1.82) is 0 Å². The van der Waals surface area contributed by atoms with Crippen LogP contribution in [0.25, 0.3) is 121 Å². The van der Waals surface area contributed by atoms with E-state index < -0.39 is 0 Å². The molecule has 0 unspecified atom stereocenters. The van der Waals surface area contributed by atoms with Gasteiger partial charge in [0, 0.05) is 38.2 Å². The average Bonchev–Trinajstić information content (AvgIpc) is 3.85. The second-order valence-electron chi connectivity index (χ2n) is 14.3. The Morgan fingerprint density at radius 1 is 0.268 bits per heavy atom. The molecule has 3 heterocycles. The van der Waals surface area contributed by atoms with Crippen molar-refractivity contribution in [2.75, 3.05) is 0 Å². The van der Waals surface area contributed by atoms with E-state index in [-0.39, 0.29) is 0 Å². The molecule has 0 amide bonds. The van der Waals surface area contributed by atoms with Crippen LogP contribution in [0.2, 0.25) is 0 Å². The number of hydrogen-bond acceptors (Lipinski definition) is 5. The number of para-hydroxylation sites is 3. The van der Waals surface area contributed by atoms with Crippen molar-refractivity contribution in [1.82, 2.24) is 15.0 Å². The van der Waals surface area contributed by atoms with Gasteiger partial charge < -0.3 is 8.83 Å². The van der Waals surface area contributed by atoms with E-state index in [9.17, 15) is 0 Å². The topological polar surface area (TPSA) is 65.0 Å². The average molecular weight is 716 g/mol. The molecule has 0 saturated carbocycles. The lowest BCUT2D eigenvalue weighted by Crippen LogP contribution is -2.00. The Morgan fingerprint density at radius 2 is 0.750 bits per heavy atom. The van der Waals surface area contributed by atoms with Crippen LogP contribution in [0.4, 0.5) is 0 Å². The fraction of sp³-hybridized carbons (Fsp3) is 0. The molecular weight excluding hydrogens is 687 g/mol. The van der Waals surface area contributed by atoms with Crippen molar-refractivity contribution >= 4 is 76.2 Å². The van der Waals surface area contributed by atoms with Gasteiger partial charge in [0.2, 0.25) is 0 Å². The lowest BCUT2D eigenvalue weighted by molar-refractivity contribution is 0.669. The van der Waals surface area contributed by atoms with E-state index in [4.69, 9.17) is 23.8 Å². The zero-order valence-electron chi connectivity index (χ0n) is 29.9. The summed E-state index contributed by atoms with van der Waals surface area (Å²) in [6.07, 6.45) is 0. The van der Waals surface area contributed by atoms with Crippen LogP contribution in [0, 0.1) is 0 Å². The molecule has 12 aromatic rings. The van der Waals surface area contributed by atoms with Crippen molar-refractivity contribution in [3.63, 3.8) is 0 Å².